The zero-order valence-corrected chi connectivity index (χ0v) is 18.3. The molecule has 0 saturated heterocycles. The van der Waals surface area contributed by atoms with E-state index < -0.39 is 11.4 Å². The van der Waals surface area contributed by atoms with E-state index in [1.165, 1.54) is 22.9 Å². The Morgan fingerprint density at radius 3 is 2.21 bits per heavy atom. The summed E-state index contributed by atoms with van der Waals surface area (Å²) in [5.41, 5.74) is 2.90. The molecule has 1 amide bonds. The molecule has 6 heteroatoms. The average molecular weight is 414 g/mol. The molecular weight excluding hydrogens is 386 g/mol. The van der Waals surface area contributed by atoms with Crippen LogP contribution in [0, 0.1) is 19.3 Å². The maximum atomic E-state index is 12.2. The second-order valence-corrected chi connectivity index (χ2v) is 8.95. The number of anilines is 1. The molecule has 5 nitrogen and oxygen atoms in total. The Bertz CT molecular complexity index is 898. The van der Waals surface area contributed by atoms with Crippen LogP contribution in [0.2, 0.25) is 0 Å². The molecule has 2 aromatic rings. The lowest BCUT2D eigenvalue weighted by Gasteiger charge is -2.17. The van der Waals surface area contributed by atoms with Gasteiger partial charge in [-0.05, 0) is 61.4 Å². The number of carbonyl (C=O) groups is 3. The lowest BCUT2D eigenvalue weighted by Crippen LogP contribution is -2.27. The third-order valence-electron chi connectivity index (χ3n) is 4.35. The predicted molar refractivity (Wildman–Crippen MR) is 116 cm³/mol. The molecule has 0 radical (unpaired) electrons. The molecule has 0 atom stereocenters. The summed E-state index contributed by atoms with van der Waals surface area (Å²) in [5.74, 6) is -0.682. The van der Waals surface area contributed by atoms with Crippen LogP contribution in [0.25, 0.3) is 0 Å². The van der Waals surface area contributed by atoms with Gasteiger partial charge in [0.1, 0.15) is 0 Å². The normalized spacial score (nSPS) is 11.1. The van der Waals surface area contributed by atoms with E-state index in [9.17, 15) is 14.4 Å². The van der Waals surface area contributed by atoms with Crippen LogP contribution in [0.4, 0.5) is 5.69 Å². The standard InChI is InChI=1S/C23H27NO4S/c1-15-6-11-19(12-16(15)2)29-14-21(26)28-13-20(25)17-7-9-18(10-8-17)24-22(27)23(3,4)5/h6-12H,13-14H2,1-5H3,(H,24,27). The first-order valence-electron chi connectivity index (χ1n) is 9.36. The summed E-state index contributed by atoms with van der Waals surface area (Å²) in [5, 5.41) is 2.80. The Morgan fingerprint density at radius 1 is 0.966 bits per heavy atom. The molecule has 0 aliphatic carbocycles. The highest BCUT2D eigenvalue weighted by molar-refractivity contribution is 8.00. The number of benzene rings is 2. The van der Waals surface area contributed by atoms with Gasteiger partial charge in [-0.25, -0.2) is 0 Å². The highest BCUT2D eigenvalue weighted by Gasteiger charge is 2.21. The molecule has 0 aromatic heterocycles. The number of hydrogen-bond acceptors (Lipinski definition) is 5. The minimum Gasteiger partial charge on any atom is -0.457 e. The number of Topliss-reactive ketones (excluding diaryl/α,β-unsaturated/α-hetero) is 1. The third kappa shape index (κ3) is 7.06. The minimum absolute atomic E-state index is 0.105. The fourth-order valence-electron chi connectivity index (χ4n) is 2.28. The first-order chi connectivity index (χ1) is 13.6. The Balaban J connectivity index is 1.81. The summed E-state index contributed by atoms with van der Waals surface area (Å²) < 4.78 is 5.09. The number of hydrogen-bond donors (Lipinski definition) is 1. The van der Waals surface area contributed by atoms with E-state index in [0.29, 0.717) is 11.3 Å². The number of ether oxygens (including phenoxy) is 1. The van der Waals surface area contributed by atoms with Gasteiger partial charge in [0.05, 0.1) is 5.75 Å². The first kappa shape index (κ1) is 22.7. The molecule has 0 spiro atoms. The number of aryl methyl sites for hydroxylation is 2. The van der Waals surface area contributed by atoms with Crippen LogP contribution in [0.1, 0.15) is 42.3 Å². The van der Waals surface area contributed by atoms with Gasteiger partial charge in [0.25, 0.3) is 0 Å². The van der Waals surface area contributed by atoms with Crippen LogP contribution >= 0.6 is 11.8 Å². The quantitative estimate of drug-likeness (QED) is 0.401. The summed E-state index contributed by atoms with van der Waals surface area (Å²) in [6.07, 6.45) is 0. The lowest BCUT2D eigenvalue weighted by molar-refractivity contribution is -0.139. The fraction of sp³-hybridized carbons (Fsp3) is 0.348. The van der Waals surface area contributed by atoms with E-state index >= 15 is 0 Å². The molecule has 0 heterocycles. The fourth-order valence-corrected chi connectivity index (χ4v) is 3.07. The SMILES string of the molecule is Cc1ccc(SCC(=O)OCC(=O)c2ccc(NC(=O)C(C)(C)C)cc2)cc1C. The number of rotatable bonds is 7. The third-order valence-corrected chi connectivity index (χ3v) is 5.31. The van der Waals surface area contributed by atoms with E-state index in [0.717, 1.165) is 4.90 Å². The molecule has 0 aliphatic heterocycles. The van der Waals surface area contributed by atoms with E-state index in [2.05, 4.69) is 5.32 Å². The van der Waals surface area contributed by atoms with Gasteiger partial charge in [0.15, 0.2) is 12.4 Å². The highest BCUT2D eigenvalue weighted by atomic mass is 32.2. The highest BCUT2D eigenvalue weighted by Crippen LogP contribution is 2.21. The van der Waals surface area contributed by atoms with E-state index in [1.54, 1.807) is 24.3 Å². The van der Waals surface area contributed by atoms with Gasteiger partial charge in [0, 0.05) is 21.6 Å². The maximum absolute atomic E-state index is 12.2. The van der Waals surface area contributed by atoms with Crippen molar-refractivity contribution in [3.05, 3.63) is 59.2 Å². The second-order valence-electron chi connectivity index (χ2n) is 7.90. The zero-order valence-electron chi connectivity index (χ0n) is 17.5. The largest absolute Gasteiger partial charge is 0.457 e. The molecule has 0 unspecified atom stereocenters. The second kappa shape index (κ2) is 9.74. The topological polar surface area (TPSA) is 72.5 Å². The van der Waals surface area contributed by atoms with Crippen molar-refractivity contribution >= 4 is 35.1 Å². The van der Waals surface area contributed by atoms with Crippen LogP contribution in [0.15, 0.2) is 47.4 Å². The van der Waals surface area contributed by atoms with Crippen LogP contribution in [-0.2, 0) is 14.3 Å². The van der Waals surface area contributed by atoms with Crippen molar-refractivity contribution in [2.75, 3.05) is 17.7 Å². The molecular formula is C23H27NO4S. The van der Waals surface area contributed by atoms with Crippen molar-refractivity contribution in [3.63, 3.8) is 0 Å². The monoisotopic (exact) mass is 413 g/mol. The van der Waals surface area contributed by atoms with Gasteiger partial charge in [-0.15, -0.1) is 11.8 Å². The van der Waals surface area contributed by atoms with Crippen molar-refractivity contribution in [2.24, 2.45) is 5.41 Å². The average Bonchev–Trinajstić information content (AvgIpc) is 2.66. The van der Waals surface area contributed by atoms with E-state index in [1.807, 2.05) is 52.8 Å². The first-order valence-corrected chi connectivity index (χ1v) is 10.4. The summed E-state index contributed by atoms with van der Waals surface area (Å²) >= 11 is 1.38. The van der Waals surface area contributed by atoms with Crippen molar-refractivity contribution in [3.8, 4) is 0 Å². The number of thioether (sulfide) groups is 1. The number of ketones is 1. The van der Waals surface area contributed by atoms with Gasteiger partial charge in [-0.1, -0.05) is 26.8 Å². The Labute approximate surface area is 176 Å². The van der Waals surface area contributed by atoms with Gasteiger partial charge in [-0.3, -0.25) is 14.4 Å². The zero-order chi connectivity index (χ0) is 21.6. The predicted octanol–water partition coefficient (Wildman–Crippen LogP) is 4.81. The van der Waals surface area contributed by atoms with Crippen LogP contribution < -0.4 is 5.32 Å². The molecule has 0 aliphatic rings. The maximum Gasteiger partial charge on any atom is 0.316 e. The smallest absolute Gasteiger partial charge is 0.316 e. The Kier molecular flexibility index (Phi) is 7.62. The summed E-state index contributed by atoms with van der Waals surface area (Å²) in [4.78, 5) is 37.1. The summed E-state index contributed by atoms with van der Waals surface area (Å²) in [6, 6.07) is 12.5. The summed E-state index contributed by atoms with van der Waals surface area (Å²) in [7, 11) is 0. The number of carbonyl (C=O) groups excluding carboxylic acids is 3. The summed E-state index contributed by atoms with van der Waals surface area (Å²) in [6.45, 7) is 9.23. The van der Waals surface area contributed by atoms with Crippen LogP contribution in [0.5, 0.6) is 0 Å². The lowest BCUT2D eigenvalue weighted by atomic mass is 9.95. The van der Waals surface area contributed by atoms with E-state index in [4.69, 9.17) is 4.74 Å². The van der Waals surface area contributed by atoms with Crippen molar-refractivity contribution in [1.29, 1.82) is 0 Å². The molecule has 29 heavy (non-hydrogen) atoms. The van der Waals surface area contributed by atoms with Crippen molar-refractivity contribution < 1.29 is 19.1 Å². The number of amides is 1. The minimum atomic E-state index is -0.502. The number of nitrogens with one attached hydrogen (secondary N) is 1. The molecule has 0 bridgehead atoms. The Hall–Kier alpha value is -2.60. The van der Waals surface area contributed by atoms with Gasteiger partial charge >= 0.3 is 5.97 Å². The van der Waals surface area contributed by atoms with Crippen molar-refractivity contribution in [2.45, 2.75) is 39.5 Å². The van der Waals surface area contributed by atoms with E-state index in [-0.39, 0.29) is 24.1 Å². The molecule has 1 N–H and O–H groups in total. The van der Waals surface area contributed by atoms with Crippen LogP contribution in [-0.4, -0.2) is 30.0 Å². The van der Waals surface area contributed by atoms with Gasteiger partial charge < -0.3 is 10.1 Å². The molecule has 2 aromatic carbocycles. The number of esters is 1. The molecule has 2 rings (SSSR count). The van der Waals surface area contributed by atoms with Crippen LogP contribution in [0.3, 0.4) is 0 Å². The van der Waals surface area contributed by atoms with Crippen molar-refractivity contribution in [1.82, 2.24) is 0 Å². The van der Waals surface area contributed by atoms with Gasteiger partial charge in [-0.2, -0.15) is 0 Å². The molecule has 154 valence electrons. The Morgan fingerprint density at radius 2 is 1.62 bits per heavy atom. The molecule has 0 fully saturated rings. The van der Waals surface area contributed by atoms with Gasteiger partial charge in [0.2, 0.25) is 5.91 Å². The molecule has 0 saturated carbocycles.